The summed E-state index contributed by atoms with van der Waals surface area (Å²) < 4.78 is 16.0. The average molecular weight is 329 g/mol. The molecule has 2 aromatic rings. The molecule has 0 unspecified atom stereocenters. The Labute approximate surface area is 139 Å². The largest absolute Gasteiger partial charge is 0.454 e. The molecule has 2 aliphatic rings. The van der Waals surface area contributed by atoms with Crippen LogP contribution in [0.15, 0.2) is 28.8 Å². The standard InChI is InChI=1S/C17H19N3O4/c1-11-7-15(24-19-11)13-3-2-6-20(13)17(21)18-9-12-4-5-14-16(8-12)23-10-22-14/h4-5,7-8,13H,2-3,6,9-10H2,1H3,(H,18,21)/t13-/m0/s1. The van der Waals surface area contributed by atoms with Crippen LogP contribution in [-0.4, -0.2) is 29.4 Å². The zero-order valence-corrected chi connectivity index (χ0v) is 13.4. The minimum Gasteiger partial charge on any atom is -0.454 e. The molecule has 1 N–H and O–H groups in total. The van der Waals surface area contributed by atoms with Crippen molar-refractivity contribution in [1.29, 1.82) is 0 Å². The molecule has 2 amide bonds. The van der Waals surface area contributed by atoms with Crippen LogP contribution < -0.4 is 14.8 Å². The molecule has 0 aliphatic carbocycles. The van der Waals surface area contributed by atoms with E-state index in [1.54, 1.807) is 0 Å². The van der Waals surface area contributed by atoms with Gasteiger partial charge in [-0.05, 0) is 37.5 Å². The van der Waals surface area contributed by atoms with Crippen LogP contribution in [0.3, 0.4) is 0 Å². The second-order valence-corrected chi connectivity index (χ2v) is 6.07. The molecule has 4 rings (SSSR count). The van der Waals surface area contributed by atoms with E-state index < -0.39 is 0 Å². The molecule has 1 fully saturated rings. The average Bonchev–Trinajstić information content (AvgIpc) is 3.31. The number of ether oxygens (including phenoxy) is 2. The van der Waals surface area contributed by atoms with Crippen molar-refractivity contribution in [2.75, 3.05) is 13.3 Å². The number of hydrogen-bond donors (Lipinski definition) is 1. The minimum absolute atomic E-state index is 0.0389. The fraction of sp³-hybridized carbons (Fsp3) is 0.412. The maximum atomic E-state index is 12.5. The molecule has 1 saturated heterocycles. The Balaban J connectivity index is 1.40. The van der Waals surface area contributed by atoms with Crippen molar-refractivity contribution >= 4 is 6.03 Å². The third kappa shape index (κ3) is 2.77. The molecule has 3 heterocycles. The first-order chi connectivity index (χ1) is 11.7. The number of carbonyl (C=O) groups is 1. The van der Waals surface area contributed by atoms with Crippen molar-refractivity contribution in [2.45, 2.75) is 32.4 Å². The first kappa shape index (κ1) is 14.9. The van der Waals surface area contributed by atoms with Crippen LogP contribution in [0.2, 0.25) is 0 Å². The molecule has 24 heavy (non-hydrogen) atoms. The Morgan fingerprint density at radius 3 is 3.04 bits per heavy atom. The van der Waals surface area contributed by atoms with Gasteiger partial charge in [-0.1, -0.05) is 11.2 Å². The predicted octanol–water partition coefficient (Wildman–Crippen LogP) is 2.76. The van der Waals surface area contributed by atoms with Gasteiger partial charge in [0, 0.05) is 19.2 Å². The van der Waals surface area contributed by atoms with Gasteiger partial charge in [0.25, 0.3) is 0 Å². The van der Waals surface area contributed by atoms with Gasteiger partial charge in [0.15, 0.2) is 17.3 Å². The van der Waals surface area contributed by atoms with Crippen LogP contribution in [0.5, 0.6) is 11.5 Å². The van der Waals surface area contributed by atoms with Gasteiger partial charge in [-0.3, -0.25) is 0 Å². The summed E-state index contributed by atoms with van der Waals surface area (Å²) in [7, 11) is 0. The Morgan fingerprint density at radius 1 is 1.33 bits per heavy atom. The van der Waals surface area contributed by atoms with Crippen LogP contribution in [0.25, 0.3) is 0 Å². The van der Waals surface area contributed by atoms with Crippen LogP contribution >= 0.6 is 0 Å². The van der Waals surface area contributed by atoms with E-state index in [1.807, 2.05) is 36.1 Å². The summed E-state index contributed by atoms with van der Waals surface area (Å²) in [5, 5.41) is 6.89. The van der Waals surface area contributed by atoms with Crippen molar-refractivity contribution in [1.82, 2.24) is 15.4 Å². The molecule has 126 valence electrons. The van der Waals surface area contributed by atoms with Crippen molar-refractivity contribution < 1.29 is 18.8 Å². The van der Waals surface area contributed by atoms with Crippen LogP contribution in [0.1, 0.15) is 35.9 Å². The van der Waals surface area contributed by atoms with E-state index in [0.717, 1.165) is 47.9 Å². The first-order valence-corrected chi connectivity index (χ1v) is 8.07. The van der Waals surface area contributed by atoms with Gasteiger partial charge in [-0.25, -0.2) is 4.79 Å². The molecule has 2 aliphatic heterocycles. The van der Waals surface area contributed by atoms with E-state index in [2.05, 4.69) is 10.5 Å². The van der Waals surface area contributed by atoms with E-state index in [9.17, 15) is 4.79 Å². The summed E-state index contributed by atoms with van der Waals surface area (Å²) in [4.78, 5) is 14.4. The number of carbonyl (C=O) groups excluding carboxylic acids is 1. The van der Waals surface area contributed by atoms with Crippen molar-refractivity contribution in [3.05, 3.63) is 41.3 Å². The smallest absolute Gasteiger partial charge is 0.318 e. The maximum absolute atomic E-state index is 12.5. The highest BCUT2D eigenvalue weighted by molar-refractivity contribution is 5.75. The van der Waals surface area contributed by atoms with E-state index >= 15 is 0 Å². The summed E-state index contributed by atoms with van der Waals surface area (Å²) in [6.07, 6.45) is 1.86. The second kappa shape index (κ2) is 6.07. The predicted molar refractivity (Wildman–Crippen MR) is 84.7 cm³/mol. The Hall–Kier alpha value is -2.70. The van der Waals surface area contributed by atoms with Gasteiger partial charge >= 0.3 is 6.03 Å². The number of rotatable bonds is 3. The van der Waals surface area contributed by atoms with E-state index in [0.29, 0.717) is 6.54 Å². The van der Waals surface area contributed by atoms with E-state index in [-0.39, 0.29) is 18.9 Å². The highest BCUT2D eigenvalue weighted by Crippen LogP contribution is 2.33. The lowest BCUT2D eigenvalue weighted by Gasteiger charge is -2.23. The summed E-state index contributed by atoms with van der Waals surface area (Å²) in [6.45, 7) is 3.29. The number of fused-ring (bicyclic) bond motifs is 1. The maximum Gasteiger partial charge on any atom is 0.318 e. The third-order valence-corrected chi connectivity index (χ3v) is 4.37. The fourth-order valence-corrected chi connectivity index (χ4v) is 3.18. The fourth-order valence-electron chi connectivity index (χ4n) is 3.18. The molecule has 7 heteroatoms. The first-order valence-electron chi connectivity index (χ1n) is 8.07. The van der Waals surface area contributed by atoms with Gasteiger partial charge in [0.2, 0.25) is 6.79 Å². The van der Waals surface area contributed by atoms with Crippen LogP contribution in [0.4, 0.5) is 4.79 Å². The third-order valence-electron chi connectivity index (χ3n) is 4.37. The number of amides is 2. The normalized spacial score (nSPS) is 18.9. The van der Waals surface area contributed by atoms with Gasteiger partial charge in [0.1, 0.15) is 0 Å². The molecule has 0 spiro atoms. The quantitative estimate of drug-likeness (QED) is 0.937. The summed E-state index contributed by atoms with van der Waals surface area (Å²) in [5.41, 5.74) is 1.80. The molecule has 7 nitrogen and oxygen atoms in total. The lowest BCUT2D eigenvalue weighted by atomic mass is 10.1. The van der Waals surface area contributed by atoms with Gasteiger partial charge in [-0.2, -0.15) is 0 Å². The number of nitrogens with zero attached hydrogens (tertiary/aromatic N) is 2. The molecule has 1 aromatic carbocycles. The second-order valence-electron chi connectivity index (χ2n) is 6.07. The summed E-state index contributed by atoms with van der Waals surface area (Å²) in [6, 6.07) is 7.44. The van der Waals surface area contributed by atoms with Crippen LogP contribution in [0, 0.1) is 6.92 Å². The van der Waals surface area contributed by atoms with Crippen molar-refractivity contribution in [3.63, 3.8) is 0 Å². The Kier molecular flexibility index (Phi) is 3.76. The van der Waals surface area contributed by atoms with Crippen molar-refractivity contribution in [2.24, 2.45) is 0 Å². The van der Waals surface area contributed by atoms with Crippen molar-refractivity contribution in [3.8, 4) is 11.5 Å². The minimum atomic E-state index is -0.0933. The van der Waals surface area contributed by atoms with E-state index in [4.69, 9.17) is 14.0 Å². The highest BCUT2D eigenvalue weighted by Gasteiger charge is 2.32. The molecule has 0 bridgehead atoms. The number of likely N-dealkylation sites (tertiary alicyclic amines) is 1. The molecule has 1 aromatic heterocycles. The number of aromatic nitrogens is 1. The topological polar surface area (TPSA) is 76.8 Å². The SMILES string of the molecule is Cc1cc([C@@H]2CCCN2C(=O)NCc2ccc3c(c2)OCO3)on1. The lowest BCUT2D eigenvalue weighted by molar-refractivity contribution is 0.174. The summed E-state index contributed by atoms with van der Waals surface area (Å²) >= 11 is 0. The van der Waals surface area contributed by atoms with Gasteiger partial charge < -0.3 is 24.2 Å². The molecule has 1 atom stereocenters. The molecular weight excluding hydrogens is 310 g/mol. The number of nitrogens with one attached hydrogen (secondary N) is 1. The zero-order chi connectivity index (χ0) is 16.5. The Bertz CT molecular complexity index is 758. The highest BCUT2D eigenvalue weighted by atomic mass is 16.7. The van der Waals surface area contributed by atoms with Crippen LogP contribution in [-0.2, 0) is 6.54 Å². The van der Waals surface area contributed by atoms with Gasteiger partial charge in [0.05, 0.1) is 11.7 Å². The molecule has 0 radical (unpaired) electrons. The lowest BCUT2D eigenvalue weighted by Crippen LogP contribution is -2.39. The zero-order valence-electron chi connectivity index (χ0n) is 13.4. The number of benzene rings is 1. The number of hydrogen-bond acceptors (Lipinski definition) is 5. The monoisotopic (exact) mass is 329 g/mol. The molecular formula is C17H19N3O4. The Morgan fingerprint density at radius 2 is 2.21 bits per heavy atom. The van der Waals surface area contributed by atoms with Gasteiger partial charge in [-0.15, -0.1) is 0 Å². The van der Waals surface area contributed by atoms with E-state index in [1.165, 1.54) is 0 Å². The summed E-state index contributed by atoms with van der Waals surface area (Å²) in [5.74, 6) is 2.21. The molecule has 0 saturated carbocycles. The number of aryl methyl sites for hydroxylation is 1. The number of urea groups is 1.